The van der Waals surface area contributed by atoms with Crippen LogP contribution in [0.4, 0.5) is 0 Å². The molecule has 0 saturated carbocycles. The Kier molecular flexibility index (Phi) is 12.9. The molecule has 0 radical (unpaired) electrons. The quantitative estimate of drug-likeness (QED) is 0.173. The molecule has 36 heavy (non-hydrogen) atoms. The molecule has 0 aliphatic heterocycles. The first-order valence-electron chi connectivity index (χ1n) is 11.1. The standard InChI is InChI=1S/C25H32INO9/c1-31-12-10-27(9-11-28)22(29)13-19-23(25(30)17-5-7-18(34-4)8-6-17)20(35-15-32-2)14-21(24(19)26)36-16-33-3/h5-8,14,28H,9-13,15-16H2,1-4H3. The van der Waals surface area contributed by atoms with E-state index in [1.54, 1.807) is 37.4 Å². The van der Waals surface area contributed by atoms with Gasteiger partial charge in [-0.25, -0.2) is 0 Å². The normalized spacial score (nSPS) is 10.7. The number of carbonyl (C=O) groups excluding carboxylic acids is 2. The number of carbonyl (C=O) groups is 2. The van der Waals surface area contributed by atoms with Crippen molar-refractivity contribution in [2.24, 2.45) is 0 Å². The number of hydrogen-bond acceptors (Lipinski definition) is 9. The monoisotopic (exact) mass is 617 g/mol. The van der Waals surface area contributed by atoms with E-state index in [-0.39, 0.29) is 56.2 Å². The van der Waals surface area contributed by atoms with Gasteiger partial charge in [-0.1, -0.05) is 0 Å². The molecular formula is C25H32INO9. The Labute approximate surface area is 224 Å². The zero-order chi connectivity index (χ0) is 26.5. The minimum atomic E-state index is -0.339. The molecule has 0 aliphatic carbocycles. The van der Waals surface area contributed by atoms with Crippen LogP contribution in [0.2, 0.25) is 0 Å². The summed E-state index contributed by atoms with van der Waals surface area (Å²) in [5.74, 6) is 0.576. The second-order valence-corrected chi connectivity index (χ2v) is 8.55. The Morgan fingerprint density at radius 2 is 1.56 bits per heavy atom. The number of benzene rings is 2. The third kappa shape index (κ3) is 8.03. The van der Waals surface area contributed by atoms with Crippen LogP contribution in [0, 0.1) is 3.57 Å². The van der Waals surface area contributed by atoms with E-state index in [4.69, 9.17) is 28.4 Å². The van der Waals surface area contributed by atoms with Crippen LogP contribution in [0.5, 0.6) is 17.2 Å². The summed E-state index contributed by atoms with van der Waals surface area (Å²) in [5.41, 5.74) is 1.04. The number of halogens is 1. The first kappa shape index (κ1) is 29.8. The lowest BCUT2D eigenvalue weighted by Crippen LogP contribution is -2.37. The largest absolute Gasteiger partial charge is 0.497 e. The van der Waals surface area contributed by atoms with Gasteiger partial charge in [-0.05, 0) is 52.4 Å². The minimum absolute atomic E-state index is 0.0383. The molecule has 1 amide bonds. The number of aliphatic hydroxyl groups excluding tert-OH is 1. The van der Waals surface area contributed by atoms with Crippen molar-refractivity contribution in [1.29, 1.82) is 0 Å². The lowest BCUT2D eigenvalue weighted by molar-refractivity contribution is -0.131. The van der Waals surface area contributed by atoms with Crippen LogP contribution in [0.25, 0.3) is 0 Å². The van der Waals surface area contributed by atoms with Gasteiger partial charge in [0.1, 0.15) is 17.2 Å². The summed E-state index contributed by atoms with van der Waals surface area (Å²) in [6.07, 6.45) is -0.132. The van der Waals surface area contributed by atoms with Gasteiger partial charge in [-0.15, -0.1) is 0 Å². The number of rotatable bonds is 16. The van der Waals surface area contributed by atoms with Crippen LogP contribution >= 0.6 is 22.6 Å². The average Bonchev–Trinajstić information content (AvgIpc) is 2.90. The van der Waals surface area contributed by atoms with E-state index >= 15 is 0 Å². The molecule has 0 heterocycles. The van der Waals surface area contributed by atoms with Crippen molar-refractivity contribution < 1.29 is 43.1 Å². The molecule has 198 valence electrons. The number of aliphatic hydroxyl groups is 1. The highest BCUT2D eigenvalue weighted by Gasteiger charge is 2.28. The highest BCUT2D eigenvalue weighted by Crippen LogP contribution is 2.37. The molecule has 10 nitrogen and oxygen atoms in total. The van der Waals surface area contributed by atoms with Crippen molar-refractivity contribution in [1.82, 2.24) is 4.90 Å². The van der Waals surface area contributed by atoms with Crippen molar-refractivity contribution in [3.63, 3.8) is 0 Å². The Bertz CT molecular complexity index is 998. The molecule has 0 aromatic heterocycles. The number of ketones is 1. The van der Waals surface area contributed by atoms with Crippen molar-refractivity contribution in [3.05, 3.63) is 50.6 Å². The Hall–Kier alpha value is -2.45. The van der Waals surface area contributed by atoms with E-state index in [1.165, 1.54) is 26.2 Å². The third-order valence-electron chi connectivity index (χ3n) is 5.15. The first-order chi connectivity index (χ1) is 17.4. The summed E-state index contributed by atoms with van der Waals surface area (Å²) in [6, 6.07) is 8.24. The maximum absolute atomic E-state index is 13.8. The minimum Gasteiger partial charge on any atom is -0.497 e. The second-order valence-electron chi connectivity index (χ2n) is 7.47. The SMILES string of the molecule is COCCN(CCO)C(=O)Cc1c(I)c(OCOC)cc(OCOC)c1C(=O)c1ccc(OC)cc1. The summed E-state index contributed by atoms with van der Waals surface area (Å²) in [6.45, 7) is 0.367. The third-order valence-corrected chi connectivity index (χ3v) is 6.33. The van der Waals surface area contributed by atoms with Crippen LogP contribution in [0.1, 0.15) is 21.5 Å². The van der Waals surface area contributed by atoms with Gasteiger partial charge in [0.2, 0.25) is 5.91 Å². The van der Waals surface area contributed by atoms with Crippen LogP contribution in [0.3, 0.4) is 0 Å². The average molecular weight is 617 g/mol. The number of nitrogens with zero attached hydrogens (tertiary/aromatic N) is 1. The molecular weight excluding hydrogens is 585 g/mol. The molecule has 2 aromatic rings. The van der Waals surface area contributed by atoms with Gasteiger partial charge in [-0.2, -0.15) is 0 Å². The molecule has 0 aliphatic rings. The van der Waals surface area contributed by atoms with Gasteiger partial charge in [0, 0.05) is 46.0 Å². The van der Waals surface area contributed by atoms with Crippen LogP contribution in [0.15, 0.2) is 30.3 Å². The molecule has 2 aromatic carbocycles. The Balaban J connectivity index is 2.64. The topological polar surface area (TPSA) is 113 Å². The summed E-state index contributed by atoms with van der Waals surface area (Å²) < 4.78 is 32.4. The highest BCUT2D eigenvalue weighted by molar-refractivity contribution is 14.1. The van der Waals surface area contributed by atoms with E-state index in [9.17, 15) is 14.7 Å². The van der Waals surface area contributed by atoms with E-state index in [1.807, 2.05) is 22.6 Å². The van der Waals surface area contributed by atoms with Crippen molar-refractivity contribution in [2.45, 2.75) is 6.42 Å². The number of amides is 1. The van der Waals surface area contributed by atoms with E-state index in [0.29, 0.717) is 39.3 Å². The van der Waals surface area contributed by atoms with Gasteiger partial charge < -0.3 is 38.4 Å². The lowest BCUT2D eigenvalue weighted by atomic mass is 9.94. The fraction of sp³-hybridized carbons (Fsp3) is 0.440. The van der Waals surface area contributed by atoms with Gasteiger partial charge in [-0.3, -0.25) is 9.59 Å². The summed E-state index contributed by atoms with van der Waals surface area (Å²) in [5, 5.41) is 9.45. The van der Waals surface area contributed by atoms with E-state index < -0.39 is 0 Å². The van der Waals surface area contributed by atoms with Crippen molar-refractivity contribution in [3.8, 4) is 17.2 Å². The molecule has 11 heteroatoms. The van der Waals surface area contributed by atoms with Crippen LogP contribution in [-0.4, -0.2) is 90.0 Å². The highest BCUT2D eigenvalue weighted by atomic mass is 127. The molecule has 0 bridgehead atoms. The number of methoxy groups -OCH3 is 4. The first-order valence-corrected chi connectivity index (χ1v) is 12.1. The fourth-order valence-corrected chi connectivity index (χ4v) is 4.15. The van der Waals surface area contributed by atoms with Gasteiger partial charge in [0.15, 0.2) is 19.4 Å². The van der Waals surface area contributed by atoms with Crippen LogP contribution < -0.4 is 14.2 Å². The molecule has 0 unspecified atom stereocenters. The van der Waals surface area contributed by atoms with E-state index in [0.717, 1.165) is 0 Å². The molecule has 0 atom stereocenters. The molecule has 1 N–H and O–H groups in total. The molecule has 0 fully saturated rings. The summed E-state index contributed by atoms with van der Waals surface area (Å²) in [4.78, 5) is 28.6. The van der Waals surface area contributed by atoms with E-state index in [2.05, 4.69) is 0 Å². The fourth-order valence-electron chi connectivity index (χ4n) is 3.37. The second kappa shape index (κ2) is 15.6. The van der Waals surface area contributed by atoms with Gasteiger partial charge in [0.25, 0.3) is 0 Å². The number of ether oxygens (including phenoxy) is 6. The van der Waals surface area contributed by atoms with Gasteiger partial charge in [0.05, 0.1) is 35.9 Å². The number of hydrogen-bond donors (Lipinski definition) is 1. The maximum Gasteiger partial charge on any atom is 0.227 e. The smallest absolute Gasteiger partial charge is 0.227 e. The van der Waals surface area contributed by atoms with Crippen LogP contribution in [-0.2, 0) is 25.4 Å². The summed E-state index contributed by atoms with van der Waals surface area (Å²) in [7, 11) is 6.03. The molecule has 0 saturated heterocycles. The molecule has 2 rings (SSSR count). The van der Waals surface area contributed by atoms with Crippen molar-refractivity contribution >= 4 is 34.3 Å². The van der Waals surface area contributed by atoms with Gasteiger partial charge >= 0.3 is 0 Å². The maximum atomic E-state index is 13.8. The molecule has 0 spiro atoms. The summed E-state index contributed by atoms with van der Waals surface area (Å²) >= 11 is 2.05. The lowest BCUT2D eigenvalue weighted by Gasteiger charge is -2.24. The zero-order valence-corrected chi connectivity index (χ0v) is 23.0. The predicted octanol–water partition coefficient (Wildman–Crippen LogP) is 2.51. The Morgan fingerprint density at radius 3 is 2.11 bits per heavy atom. The zero-order valence-electron chi connectivity index (χ0n) is 20.9. The van der Waals surface area contributed by atoms with Crippen molar-refractivity contribution in [2.75, 3.05) is 68.3 Å². The predicted molar refractivity (Wildman–Crippen MR) is 140 cm³/mol. The Morgan fingerprint density at radius 1 is 0.917 bits per heavy atom.